The molecule has 2 aromatic carbocycles. The zero-order valence-electron chi connectivity index (χ0n) is 17.2. The second kappa shape index (κ2) is 8.82. The van der Waals surface area contributed by atoms with Gasteiger partial charge in [-0.2, -0.15) is 0 Å². The molecule has 1 N–H and O–H groups in total. The molecule has 0 bridgehead atoms. The van der Waals surface area contributed by atoms with E-state index < -0.39 is 0 Å². The molecular weight excluding hydrogens is 368 g/mol. The number of aromatic nitrogens is 1. The van der Waals surface area contributed by atoms with Gasteiger partial charge in [-0.25, -0.2) is 0 Å². The Bertz CT molecular complexity index is 1070. The zero-order valence-corrected chi connectivity index (χ0v) is 17.2. The number of methoxy groups -OCH3 is 2. The predicted molar refractivity (Wildman–Crippen MR) is 115 cm³/mol. The SMILES string of the molecule is COc1ccc2[nH]c(=O)c(CN(C(=O)CC(C)C)c3ccccc3OC)cc2c1. The van der Waals surface area contributed by atoms with Crippen molar-refractivity contribution >= 4 is 22.5 Å². The molecule has 152 valence electrons. The molecule has 29 heavy (non-hydrogen) atoms. The van der Waals surface area contributed by atoms with Gasteiger partial charge in [-0.3, -0.25) is 9.59 Å². The van der Waals surface area contributed by atoms with Crippen LogP contribution in [0.25, 0.3) is 10.9 Å². The third-order valence-corrected chi connectivity index (χ3v) is 4.72. The van der Waals surface area contributed by atoms with E-state index in [0.29, 0.717) is 29.2 Å². The van der Waals surface area contributed by atoms with Crippen molar-refractivity contribution in [3.8, 4) is 11.5 Å². The summed E-state index contributed by atoms with van der Waals surface area (Å²) in [7, 11) is 3.17. The van der Waals surface area contributed by atoms with Crippen molar-refractivity contribution in [2.24, 2.45) is 5.92 Å². The molecule has 0 spiro atoms. The maximum atomic E-state index is 13.0. The summed E-state index contributed by atoms with van der Waals surface area (Å²) in [6.45, 7) is 4.13. The number of nitrogens with zero attached hydrogens (tertiary/aromatic N) is 1. The van der Waals surface area contributed by atoms with E-state index in [1.807, 2.05) is 44.2 Å². The lowest BCUT2D eigenvalue weighted by molar-refractivity contribution is -0.119. The second-order valence-electron chi connectivity index (χ2n) is 7.33. The number of aromatic amines is 1. The van der Waals surface area contributed by atoms with E-state index >= 15 is 0 Å². The molecule has 0 fully saturated rings. The van der Waals surface area contributed by atoms with E-state index in [4.69, 9.17) is 9.47 Å². The lowest BCUT2D eigenvalue weighted by atomic mass is 10.1. The van der Waals surface area contributed by atoms with Gasteiger partial charge in [0.25, 0.3) is 5.56 Å². The number of hydrogen-bond donors (Lipinski definition) is 1. The van der Waals surface area contributed by atoms with Crippen molar-refractivity contribution in [3.63, 3.8) is 0 Å². The summed E-state index contributed by atoms with van der Waals surface area (Å²) in [5.74, 6) is 1.42. The van der Waals surface area contributed by atoms with Crippen molar-refractivity contribution in [2.45, 2.75) is 26.8 Å². The molecule has 1 heterocycles. The summed E-state index contributed by atoms with van der Waals surface area (Å²) in [6.07, 6.45) is 0.372. The van der Waals surface area contributed by atoms with Crippen LogP contribution in [0.4, 0.5) is 5.69 Å². The molecular formula is C23H26N2O4. The maximum Gasteiger partial charge on any atom is 0.253 e. The predicted octanol–water partition coefficient (Wildman–Crippen LogP) is 4.12. The fourth-order valence-electron chi connectivity index (χ4n) is 3.26. The molecule has 0 saturated carbocycles. The molecule has 0 aliphatic heterocycles. The highest BCUT2D eigenvalue weighted by atomic mass is 16.5. The highest BCUT2D eigenvalue weighted by molar-refractivity contribution is 5.95. The van der Waals surface area contributed by atoms with Crippen LogP contribution in [0.1, 0.15) is 25.8 Å². The second-order valence-corrected chi connectivity index (χ2v) is 7.33. The summed E-state index contributed by atoms with van der Waals surface area (Å²) in [4.78, 5) is 30.3. The Morgan fingerprint density at radius 2 is 1.83 bits per heavy atom. The van der Waals surface area contributed by atoms with Crippen molar-refractivity contribution in [3.05, 3.63) is 64.4 Å². The van der Waals surface area contributed by atoms with Gasteiger partial charge >= 0.3 is 0 Å². The first-order valence-electron chi connectivity index (χ1n) is 9.56. The molecule has 1 aromatic heterocycles. The van der Waals surface area contributed by atoms with Gasteiger partial charge in [0.15, 0.2) is 0 Å². The Kier molecular flexibility index (Phi) is 6.22. The highest BCUT2D eigenvalue weighted by Crippen LogP contribution is 2.30. The van der Waals surface area contributed by atoms with E-state index in [1.165, 1.54) is 0 Å². The van der Waals surface area contributed by atoms with Crippen molar-refractivity contribution in [1.29, 1.82) is 0 Å². The number of carbonyl (C=O) groups excluding carboxylic acids is 1. The number of H-pyrrole nitrogens is 1. The zero-order chi connectivity index (χ0) is 21.0. The third-order valence-electron chi connectivity index (χ3n) is 4.72. The number of nitrogens with one attached hydrogen (secondary N) is 1. The number of benzene rings is 2. The Balaban J connectivity index is 2.06. The van der Waals surface area contributed by atoms with Crippen molar-refractivity contribution in [1.82, 2.24) is 4.98 Å². The summed E-state index contributed by atoms with van der Waals surface area (Å²) in [6, 6.07) is 14.6. The van der Waals surface area contributed by atoms with E-state index in [0.717, 1.165) is 10.9 Å². The summed E-state index contributed by atoms with van der Waals surface area (Å²) < 4.78 is 10.7. The van der Waals surface area contributed by atoms with Gasteiger partial charge in [-0.1, -0.05) is 26.0 Å². The maximum absolute atomic E-state index is 13.0. The number of para-hydroxylation sites is 2. The summed E-state index contributed by atoms with van der Waals surface area (Å²) >= 11 is 0. The molecule has 0 aliphatic rings. The Morgan fingerprint density at radius 1 is 1.07 bits per heavy atom. The van der Waals surface area contributed by atoms with Crippen LogP contribution in [0, 0.1) is 5.92 Å². The van der Waals surface area contributed by atoms with Crippen LogP contribution in [0.15, 0.2) is 53.3 Å². The van der Waals surface area contributed by atoms with Crippen LogP contribution in [-0.2, 0) is 11.3 Å². The fourth-order valence-corrected chi connectivity index (χ4v) is 3.26. The van der Waals surface area contributed by atoms with Crippen LogP contribution in [-0.4, -0.2) is 25.1 Å². The fraction of sp³-hybridized carbons (Fsp3) is 0.304. The Hall–Kier alpha value is -3.28. The number of anilines is 1. The molecule has 0 saturated heterocycles. The first kappa shape index (κ1) is 20.5. The molecule has 3 aromatic rings. The van der Waals surface area contributed by atoms with Crippen LogP contribution in [0.3, 0.4) is 0 Å². The average Bonchev–Trinajstić information content (AvgIpc) is 2.71. The molecule has 0 atom stereocenters. The minimum absolute atomic E-state index is 0.0605. The molecule has 3 rings (SSSR count). The van der Waals surface area contributed by atoms with Crippen LogP contribution in [0.2, 0.25) is 0 Å². The first-order valence-corrected chi connectivity index (χ1v) is 9.56. The summed E-state index contributed by atoms with van der Waals surface area (Å²) in [5.41, 5.74) is 1.64. The first-order chi connectivity index (χ1) is 13.9. The molecule has 6 heteroatoms. The van der Waals surface area contributed by atoms with Gasteiger partial charge in [-0.05, 0) is 42.3 Å². The number of fused-ring (bicyclic) bond motifs is 1. The average molecular weight is 394 g/mol. The van der Waals surface area contributed by atoms with Gasteiger partial charge in [-0.15, -0.1) is 0 Å². The van der Waals surface area contributed by atoms with E-state index in [-0.39, 0.29) is 23.9 Å². The molecule has 0 aliphatic carbocycles. The number of pyridine rings is 1. The quantitative estimate of drug-likeness (QED) is 0.654. The Morgan fingerprint density at radius 3 is 2.52 bits per heavy atom. The molecule has 0 radical (unpaired) electrons. The van der Waals surface area contributed by atoms with Crippen LogP contribution >= 0.6 is 0 Å². The summed E-state index contributed by atoms with van der Waals surface area (Å²) in [5, 5.41) is 0.843. The van der Waals surface area contributed by atoms with Gasteiger partial charge in [0.2, 0.25) is 5.91 Å². The van der Waals surface area contributed by atoms with E-state index in [9.17, 15) is 9.59 Å². The van der Waals surface area contributed by atoms with E-state index in [1.54, 1.807) is 37.3 Å². The molecule has 6 nitrogen and oxygen atoms in total. The minimum atomic E-state index is -0.222. The lowest BCUT2D eigenvalue weighted by Crippen LogP contribution is -2.33. The standard InChI is InChI=1S/C23H26N2O4/c1-15(2)11-22(26)25(20-7-5-6-8-21(20)29-4)14-17-12-16-13-18(28-3)9-10-19(16)24-23(17)27/h5-10,12-13,15H,11,14H2,1-4H3,(H,24,27). The van der Waals surface area contributed by atoms with Crippen molar-refractivity contribution in [2.75, 3.05) is 19.1 Å². The largest absolute Gasteiger partial charge is 0.497 e. The Labute approximate surface area is 170 Å². The number of rotatable bonds is 7. The van der Waals surface area contributed by atoms with Crippen LogP contribution < -0.4 is 19.9 Å². The van der Waals surface area contributed by atoms with Crippen LogP contribution in [0.5, 0.6) is 11.5 Å². The number of carbonyl (C=O) groups is 1. The number of amides is 1. The highest BCUT2D eigenvalue weighted by Gasteiger charge is 2.22. The number of hydrogen-bond acceptors (Lipinski definition) is 4. The van der Waals surface area contributed by atoms with Crippen molar-refractivity contribution < 1.29 is 14.3 Å². The normalized spacial score (nSPS) is 10.9. The van der Waals surface area contributed by atoms with Gasteiger partial charge < -0.3 is 19.4 Å². The number of ether oxygens (including phenoxy) is 2. The minimum Gasteiger partial charge on any atom is -0.497 e. The van der Waals surface area contributed by atoms with Gasteiger partial charge in [0, 0.05) is 22.9 Å². The lowest BCUT2D eigenvalue weighted by Gasteiger charge is -2.25. The topological polar surface area (TPSA) is 71.6 Å². The monoisotopic (exact) mass is 394 g/mol. The van der Waals surface area contributed by atoms with Gasteiger partial charge in [0.1, 0.15) is 11.5 Å². The smallest absolute Gasteiger partial charge is 0.253 e. The molecule has 0 unspecified atom stereocenters. The third kappa shape index (κ3) is 4.59. The molecule has 1 amide bonds. The van der Waals surface area contributed by atoms with Gasteiger partial charge in [0.05, 0.1) is 26.5 Å². The van der Waals surface area contributed by atoms with E-state index in [2.05, 4.69) is 4.98 Å².